The molecule has 154 valence electrons. The van der Waals surface area contributed by atoms with E-state index in [9.17, 15) is 28.9 Å². The molecule has 1 aliphatic heterocycles. The predicted molar refractivity (Wildman–Crippen MR) is 110 cm³/mol. The van der Waals surface area contributed by atoms with Crippen LogP contribution >= 0.6 is 23.4 Å². The lowest BCUT2D eigenvalue weighted by molar-refractivity contribution is -0.384. The molecular formula is C19H13ClFN3O5S. The molecule has 0 radical (unpaired) electrons. The summed E-state index contributed by atoms with van der Waals surface area (Å²) in [6.45, 7) is -0.101. The summed E-state index contributed by atoms with van der Waals surface area (Å²) in [6.07, 6.45) is 1.49. The number of non-ortho nitro benzene ring substituents is 1. The van der Waals surface area contributed by atoms with E-state index >= 15 is 0 Å². The van der Waals surface area contributed by atoms with Crippen LogP contribution in [0.3, 0.4) is 0 Å². The van der Waals surface area contributed by atoms with Gasteiger partial charge in [-0.3, -0.25) is 29.4 Å². The second-order valence-electron chi connectivity index (χ2n) is 6.06. The fraction of sp³-hybridized carbons (Fsp3) is 0.105. The van der Waals surface area contributed by atoms with Crippen molar-refractivity contribution in [3.63, 3.8) is 0 Å². The number of hydrogen-bond donors (Lipinski definition) is 1. The number of imide groups is 1. The van der Waals surface area contributed by atoms with Gasteiger partial charge in [0, 0.05) is 25.2 Å². The number of nitrogens with zero attached hydrogens (tertiary/aromatic N) is 2. The molecule has 1 saturated heterocycles. The summed E-state index contributed by atoms with van der Waals surface area (Å²) < 4.78 is 13.0. The van der Waals surface area contributed by atoms with E-state index in [1.165, 1.54) is 36.4 Å². The Bertz CT molecular complexity index is 1070. The number of carbonyl (C=O) groups is 3. The summed E-state index contributed by atoms with van der Waals surface area (Å²) in [4.78, 5) is 48.0. The molecule has 1 heterocycles. The highest BCUT2D eigenvalue weighted by Gasteiger charge is 2.34. The van der Waals surface area contributed by atoms with E-state index < -0.39 is 27.8 Å². The first kappa shape index (κ1) is 21.5. The second kappa shape index (κ2) is 9.06. The van der Waals surface area contributed by atoms with Crippen molar-refractivity contribution in [3.05, 3.63) is 79.5 Å². The maximum Gasteiger partial charge on any atom is 0.293 e. The van der Waals surface area contributed by atoms with E-state index in [0.717, 1.165) is 28.8 Å². The van der Waals surface area contributed by atoms with Crippen LogP contribution in [-0.2, 0) is 4.79 Å². The molecule has 0 unspecified atom stereocenters. The number of carbonyl (C=O) groups excluding carboxylic acids is 3. The maximum absolute atomic E-state index is 13.0. The summed E-state index contributed by atoms with van der Waals surface area (Å²) in [5, 5.41) is 12.7. The number of rotatable bonds is 6. The minimum absolute atomic E-state index is 0.0337. The highest BCUT2D eigenvalue weighted by atomic mass is 35.5. The topological polar surface area (TPSA) is 110 Å². The van der Waals surface area contributed by atoms with Crippen LogP contribution in [0.5, 0.6) is 0 Å². The number of amides is 3. The van der Waals surface area contributed by atoms with Gasteiger partial charge in [-0.25, -0.2) is 4.39 Å². The molecule has 0 bridgehead atoms. The molecule has 0 aromatic heterocycles. The third-order valence-electron chi connectivity index (χ3n) is 4.07. The zero-order valence-electron chi connectivity index (χ0n) is 15.1. The lowest BCUT2D eigenvalue weighted by atomic mass is 10.2. The Labute approximate surface area is 178 Å². The molecule has 8 nitrogen and oxygen atoms in total. The van der Waals surface area contributed by atoms with Gasteiger partial charge in [-0.05, 0) is 41.6 Å². The average Bonchev–Trinajstić information content (AvgIpc) is 2.96. The van der Waals surface area contributed by atoms with Crippen molar-refractivity contribution in [2.45, 2.75) is 0 Å². The van der Waals surface area contributed by atoms with Crippen LogP contribution < -0.4 is 5.32 Å². The molecule has 1 aliphatic rings. The lowest BCUT2D eigenvalue weighted by Gasteiger charge is -2.13. The highest BCUT2D eigenvalue weighted by Crippen LogP contribution is 2.32. The van der Waals surface area contributed by atoms with E-state index in [1.807, 2.05) is 0 Å². The summed E-state index contributed by atoms with van der Waals surface area (Å²) in [6, 6.07) is 8.89. The molecule has 2 aromatic carbocycles. The van der Waals surface area contributed by atoms with Gasteiger partial charge in [0.1, 0.15) is 5.82 Å². The summed E-state index contributed by atoms with van der Waals surface area (Å²) in [5.41, 5.74) is 0.359. The van der Waals surface area contributed by atoms with Crippen molar-refractivity contribution < 1.29 is 23.7 Å². The van der Waals surface area contributed by atoms with Crippen molar-refractivity contribution >= 4 is 52.2 Å². The number of halogens is 2. The Morgan fingerprint density at radius 3 is 2.57 bits per heavy atom. The Morgan fingerprint density at radius 1 is 1.23 bits per heavy atom. The van der Waals surface area contributed by atoms with E-state index in [1.54, 1.807) is 0 Å². The standard InChI is InChI=1S/C19H13ClFN3O5S/c20-15-10-13(24(28)29)5-6-14(15)17(25)22-7-8-23-18(26)16(30-19(23)27)9-11-1-3-12(21)4-2-11/h1-6,9-10H,7-8H2,(H,22,25)/b16-9-. The quantitative estimate of drug-likeness (QED) is 0.407. The second-order valence-corrected chi connectivity index (χ2v) is 7.46. The van der Waals surface area contributed by atoms with Gasteiger partial charge in [-0.2, -0.15) is 0 Å². The summed E-state index contributed by atoms with van der Waals surface area (Å²) in [5.74, 6) is -1.52. The van der Waals surface area contributed by atoms with Crippen LogP contribution in [0.4, 0.5) is 14.9 Å². The van der Waals surface area contributed by atoms with Gasteiger partial charge in [-0.1, -0.05) is 23.7 Å². The van der Waals surface area contributed by atoms with Gasteiger partial charge < -0.3 is 5.32 Å². The molecule has 0 aliphatic carbocycles. The van der Waals surface area contributed by atoms with Gasteiger partial charge >= 0.3 is 0 Å². The fourth-order valence-corrected chi connectivity index (χ4v) is 3.71. The first-order valence-corrected chi connectivity index (χ1v) is 9.69. The summed E-state index contributed by atoms with van der Waals surface area (Å²) >= 11 is 6.66. The Kier molecular flexibility index (Phi) is 6.48. The number of benzene rings is 2. The SMILES string of the molecule is O=C(NCCN1C(=O)S/C(=C\c2ccc(F)cc2)C1=O)c1ccc([N+](=O)[O-])cc1Cl. The smallest absolute Gasteiger partial charge is 0.293 e. The minimum Gasteiger partial charge on any atom is -0.350 e. The van der Waals surface area contributed by atoms with Crippen molar-refractivity contribution in [1.82, 2.24) is 10.2 Å². The Hall–Kier alpha value is -3.24. The highest BCUT2D eigenvalue weighted by molar-refractivity contribution is 8.18. The van der Waals surface area contributed by atoms with Crippen LogP contribution in [-0.4, -0.2) is 40.0 Å². The van der Waals surface area contributed by atoms with Gasteiger partial charge in [0.15, 0.2) is 0 Å². The van der Waals surface area contributed by atoms with Gasteiger partial charge in [-0.15, -0.1) is 0 Å². The normalized spacial score (nSPS) is 15.0. The van der Waals surface area contributed by atoms with Crippen molar-refractivity contribution in [2.75, 3.05) is 13.1 Å². The predicted octanol–water partition coefficient (Wildman–Crippen LogP) is 3.85. The molecule has 3 amide bonds. The Morgan fingerprint density at radius 2 is 1.93 bits per heavy atom. The van der Waals surface area contributed by atoms with E-state index in [2.05, 4.69) is 5.32 Å². The Balaban J connectivity index is 1.60. The van der Waals surface area contributed by atoms with Gasteiger partial charge in [0.2, 0.25) is 0 Å². The molecule has 0 saturated carbocycles. The van der Waals surface area contributed by atoms with Gasteiger partial charge in [0.05, 0.1) is 20.4 Å². The van der Waals surface area contributed by atoms with Crippen LogP contribution in [0.1, 0.15) is 15.9 Å². The van der Waals surface area contributed by atoms with Crippen LogP contribution in [0, 0.1) is 15.9 Å². The minimum atomic E-state index is -0.632. The zero-order chi connectivity index (χ0) is 21.8. The lowest BCUT2D eigenvalue weighted by Crippen LogP contribution is -2.37. The monoisotopic (exact) mass is 449 g/mol. The number of nitro groups is 1. The first-order chi connectivity index (χ1) is 14.3. The van der Waals surface area contributed by atoms with Crippen LogP contribution in [0.2, 0.25) is 5.02 Å². The number of thioether (sulfide) groups is 1. The molecule has 2 aromatic rings. The molecule has 1 N–H and O–H groups in total. The molecule has 30 heavy (non-hydrogen) atoms. The molecule has 0 spiro atoms. The molecule has 11 heteroatoms. The molecular weight excluding hydrogens is 437 g/mol. The van der Waals surface area contributed by atoms with E-state index in [4.69, 9.17) is 11.6 Å². The zero-order valence-corrected chi connectivity index (χ0v) is 16.7. The largest absolute Gasteiger partial charge is 0.350 e. The number of hydrogen-bond acceptors (Lipinski definition) is 6. The third-order valence-corrected chi connectivity index (χ3v) is 5.29. The fourth-order valence-electron chi connectivity index (χ4n) is 2.58. The summed E-state index contributed by atoms with van der Waals surface area (Å²) in [7, 11) is 0. The number of nitro benzene ring substituents is 1. The maximum atomic E-state index is 13.0. The average molecular weight is 450 g/mol. The van der Waals surface area contributed by atoms with Crippen LogP contribution in [0.25, 0.3) is 6.08 Å². The molecule has 1 fully saturated rings. The van der Waals surface area contributed by atoms with E-state index in [-0.39, 0.29) is 34.3 Å². The molecule has 0 atom stereocenters. The van der Waals surface area contributed by atoms with Gasteiger partial charge in [0.25, 0.3) is 22.7 Å². The van der Waals surface area contributed by atoms with Crippen molar-refractivity contribution in [3.8, 4) is 0 Å². The van der Waals surface area contributed by atoms with Crippen molar-refractivity contribution in [2.24, 2.45) is 0 Å². The first-order valence-electron chi connectivity index (χ1n) is 8.49. The third kappa shape index (κ3) is 4.84. The number of nitrogens with one attached hydrogen (secondary N) is 1. The van der Waals surface area contributed by atoms with E-state index in [0.29, 0.717) is 5.56 Å². The van der Waals surface area contributed by atoms with Crippen LogP contribution in [0.15, 0.2) is 47.4 Å². The van der Waals surface area contributed by atoms with Crippen molar-refractivity contribution in [1.29, 1.82) is 0 Å². The molecule has 3 rings (SSSR count).